The van der Waals surface area contributed by atoms with E-state index in [-0.39, 0.29) is 17.2 Å². The van der Waals surface area contributed by atoms with E-state index in [1.54, 1.807) is 54.6 Å². The minimum absolute atomic E-state index is 0.0596. The van der Waals surface area contributed by atoms with E-state index in [9.17, 15) is 18.0 Å². The van der Waals surface area contributed by atoms with E-state index < -0.39 is 21.8 Å². The van der Waals surface area contributed by atoms with Gasteiger partial charge in [0.2, 0.25) is 10.0 Å². The highest BCUT2D eigenvalue weighted by atomic mass is 32.2. The molecule has 0 bridgehead atoms. The predicted molar refractivity (Wildman–Crippen MR) is 115 cm³/mol. The zero-order valence-corrected chi connectivity index (χ0v) is 17.3. The SMILES string of the molecule is Cc1ccc(S(=O)(=O)NCc2ccc(/C=N/NC(=O)C(=O)Nc3ccccc3)o2)cc1. The Morgan fingerprint density at radius 1 is 0.968 bits per heavy atom. The number of hydrogen-bond acceptors (Lipinski definition) is 6. The van der Waals surface area contributed by atoms with Gasteiger partial charge in [0.25, 0.3) is 0 Å². The number of hydrogen-bond donors (Lipinski definition) is 3. The van der Waals surface area contributed by atoms with Crippen LogP contribution in [0, 0.1) is 6.92 Å². The van der Waals surface area contributed by atoms with E-state index in [1.165, 1.54) is 18.3 Å². The Bertz CT molecular complexity index is 1190. The molecular formula is C21H20N4O5S. The molecule has 3 aromatic rings. The van der Waals surface area contributed by atoms with Crippen LogP contribution in [0.2, 0.25) is 0 Å². The second-order valence-corrected chi connectivity index (χ2v) is 8.23. The van der Waals surface area contributed by atoms with Crippen molar-refractivity contribution in [3.05, 3.63) is 83.8 Å². The molecule has 0 atom stereocenters. The van der Waals surface area contributed by atoms with Gasteiger partial charge in [0.05, 0.1) is 17.7 Å². The summed E-state index contributed by atoms with van der Waals surface area (Å²) in [6.45, 7) is 1.81. The van der Waals surface area contributed by atoms with Crippen LogP contribution in [0.3, 0.4) is 0 Å². The summed E-state index contributed by atoms with van der Waals surface area (Å²) in [6, 6.07) is 18.1. The Morgan fingerprint density at radius 3 is 2.39 bits per heavy atom. The highest BCUT2D eigenvalue weighted by Crippen LogP contribution is 2.12. The Balaban J connectivity index is 1.50. The first-order valence-electron chi connectivity index (χ1n) is 9.18. The van der Waals surface area contributed by atoms with Crippen LogP contribution in [0.4, 0.5) is 5.69 Å². The maximum absolute atomic E-state index is 12.3. The molecule has 0 aliphatic heterocycles. The number of nitrogens with one attached hydrogen (secondary N) is 3. The first-order valence-corrected chi connectivity index (χ1v) is 10.7. The van der Waals surface area contributed by atoms with Crippen LogP contribution in [0.1, 0.15) is 17.1 Å². The molecule has 0 spiro atoms. The number of para-hydroxylation sites is 1. The smallest absolute Gasteiger partial charge is 0.329 e. The van der Waals surface area contributed by atoms with Gasteiger partial charge in [0.1, 0.15) is 11.5 Å². The number of nitrogens with zero attached hydrogens (tertiary/aromatic N) is 1. The largest absolute Gasteiger partial charge is 0.459 e. The van der Waals surface area contributed by atoms with E-state index in [4.69, 9.17) is 4.42 Å². The molecule has 0 aliphatic carbocycles. The minimum atomic E-state index is -3.67. The van der Waals surface area contributed by atoms with Gasteiger partial charge in [-0.25, -0.2) is 18.6 Å². The fourth-order valence-electron chi connectivity index (χ4n) is 2.44. The number of furan rings is 1. The molecule has 3 rings (SSSR count). The monoisotopic (exact) mass is 440 g/mol. The van der Waals surface area contributed by atoms with Gasteiger partial charge >= 0.3 is 11.8 Å². The molecule has 1 heterocycles. The van der Waals surface area contributed by atoms with Crippen molar-refractivity contribution in [1.29, 1.82) is 0 Å². The zero-order valence-electron chi connectivity index (χ0n) is 16.5. The fourth-order valence-corrected chi connectivity index (χ4v) is 3.43. The van der Waals surface area contributed by atoms with E-state index in [1.807, 2.05) is 6.92 Å². The molecule has 0 radical (unpaired) electrons. The molecule has 10 heteroatoms. The third-order valence-corrected chi connectivity index (χ3v) is 5.46. The molecule has 1 aromatic heterocycles. The molecule has 2 aromatic carbocycles. The Hall–Kier alpha value is -3.76. The minimum Gasteiger partial charge on any atom is -0.459 e. The van der Waals surface area contributed by atoms with Gasteiger partial charge in [0, 0.05) is 5.69 Å². The number of carbonyl (C=O) groups excluding carboxylic acids is 2. The third kappa shape index (κ3) is 6.36. The Morgan fingerprint density at radius 2 is 1.68 bits per heavy atom. The Kier molecular flexibility index (Phi) is 6.96. The third-order valence-electron chi connectivity index (χ3n) is 4.05. The van der Waals surface area contributed by atoms with Crippen molar-refractivity contribution >= 4 is 33.7 Å². The number of carbonyl (C=O) groups is 2. The van der Waals surface area contributed by atoms with Crippen molar-refractivity contribution < 1.29 is 22.4 Å². The van der Waals surface area contributed by atoms with Crippen LogP contribution in [0.5, 0.6) is 0 Å². The van der Waals surface area contributed by atoms with E-state index >= 15 is 0 Å². The average Bonchev–Trinajstić information content (AvgIpc) is 3.21. The molecule has 31 heavy (non-hydrogen) atoms. The number of sulfonamides is 1. The van der Waals surface area contributed by atoms with Gasteiger partial charge in [-0.3, -0.25) is 9.59 Å². The summed E-state index contributed by atoms with van der Waals surface area (Å²) in [5, 5.41) is 6.09. The number of rotatable bonds is 7. The van der Waals surface area contributed by atoms with Crippen LogP contribution >= 0.6 is 0 Å². The first-order chi connectivity index (χ1) is 14.8. The summed E-state index contributed by atoms with van der Waals surface area (Å²) < 4.78 is 32.5. The van der Waals surface area contributed by atoms with E-state index in [0.29, 0.717) is 11.4 Å². The Labute approximate surface area is 179 Å². The van der Waals surface area contributed by atoms with Crippen LogP contribution in [-0.4, -0.2) is 26.4 Å². The maximum atomic E-state index is 12.3. The van der Waals surface area contributed by atoms with Crippen LogP contribution in [-0.2, 0) is 26.2 Å². The average molecular weight is 440 g/mol. The maximum Gasteiger partial charge on any atom is 0.329 e. The highest BCUT2D eigenvalue weighted by Gasteiger charge is 2.15. The molecule has 0 fully saturated rings. The van der Waals surface area contributed by atoms with Gasteiger partial charge < -0.3 is 9.73 Å². The van der Waals surface area contributed by atoms with Crippen LogP contribution in [0.25, 0.3) is 0 Å². The molecular weight excluding hydrogens is 420 g/mol. The molecule has 0 saturated carbocycles. The second-order valence-electron chi connectivity index (χ2n) is 6.46. The molecule has 0 saturated heterocycles. The lowest BCUT2D eigenvalue weighted by molar-refractivity contribution is -0.136. The van der Waals surface area contributed by atoms with Gasteiger partial charge in [-0.05, 0) is 43.3 Å². The summed E-state index contributed by atoms with van der Waals surface area (Å²) in [7, 11) is -3.67. The van der Waals surface area contributed by atoms with Gasteiger partial charge in [0.15, 0.2) is 0 Å². The lowest BCUT2D eigenvalue weighted by atomic mass is 10.2. The number of aryl methyl sites for hydroxylation is 1. The van der Waals surface area contributed by atoms with E-state index in [0.717, 1.165) is 5.56 Å². The van der Waals surface area contributed by atoms with Crippen molar-refractivity contribution in [2.75, 3.05) is 5.32 Å². The zero-order chi connectivity index (χ0) is 22.3. The second kappa shape index (κ2) is 9.83. The number of hydrazone groups is 1. The number of anilines is 1. The number of benzene rings is 2. The molecule has 3 N–H and O–H groups in total. The van der Waals surface area contributed by atoms with Crippen LogP contribution < -0.4 is 15.5 Å². The molecule has 0 aliphatic rings. The predicted octanol–water partition coefficient (Wildman–Crippen LogP) is 2.16. The lowest BCUT2D eigenvalue weighted by Crippen LogP contribution is -2.32. The van der Waals surface area contributed by atoms with Crippen molar-refractivity contribution in [3.8, 4) is 0 Å². The topological polar surface area (TPSA) is 130 Å². The molecule has 0 unspecified atom stereocenters. The molecule has 9 nitrogen and oxygen atoms in total. The van der Waals surface area contributed by atoms with Crippen molar-refractivity contribution in [2.24, 2.45) is 5.10 Å². The quantitative estimate of drug-likeness (QED) is 0.294. The molecule has 160 valence electrons. The summed E-state index contributed by atoms with van der Waals surface area (Å²) in [5.41, 5.74) is 3.53. The van der Waals surface area contributed by atoms with Crippen molar-refractivity contribution in [3.63, 3.8) is 0 Å². The highest BCUT2D eigenvalue weighted by molar-refractivity contribution is 7.89. The summed E-state index contributed by atoms with van der Waals surface area (Å²) in [6.07, 6.45) is 1.20. The van der Waals surface area contributed by atoms with Gasteiger partial charge in [-0.1, -0.05) is 35.9 Å². The van der Waals surface area contributed by atoms with Crippen molar-refractivity contribution in [2.45, 2.75) is 18.4 Å². The summed E-state index contributed by atoms with van der Waals surface area (Å²) in [4.78, 5) is 23.7. The van der Waals surface area contributed by atoms with Gasteiger partial charge in [-0.15, -0.1) is 0 Å². The van der Waals surface area contributed by atoms with Crippen LogP contribution in [0.15, 0.2) is 81.1 Å². The number of amides is 2. The summed E-state index contributed by atoms with van der Waals surface area (Å²) >= 11 is 0. The normalized spacial score (nSPS) is 11.4. The lowest BCUT2D eigenvalue weighted by Gasteiger charge is -2.05. The standard InChI is InChI=1S/C21H20N4O5S/c1-15-7-11-19(12-8-15)31(28,29)23-14-18-10-9-17(30-18)13-22-25-21(27)20(26)24-16-5-3-2-4-6-16/h2-13,23H,14H2,1H3,(H,24,26)(H,25,27)/b22-13+. The van der Waals surface area contributed by atoms with Gasteiger partial charge in [-0.2, -0.15) is 5.10 Å². The molecule has 2 amide bonds. The fraction of sp³-hybridized carbons (Fsp3) is 0.0952. The first kappa shape index (κ1) is 21.9. The summed E-state index contributed by atoms with van der Waals surface area (Å²) in [5.74, 6) is -1.19. The van der Waals surface area contributed by atoms with Crippen molar-refractivity contribution in [1.82, 2.24) is 10.1 Å². The van der Waals surface area contributed by atoms with E-state index in [2.05, 4.69) is 20.6 Å².